The van der Waals surface area contributed by atoms with Crippen molar-refractivity contribution < 1.29 is 9.53 Å². The quantitative estimate of drug-likeness (QED) is 0.570. The van der Waals surface area contributed by atoms with Crippen molar-refractivity contribution >= 4 is 5.97 Å². The van der Waals surface area contributed by atoms with Crippen molar-refractivity contribution in [2.24, 2.45) is 5.92 Å². The van der Waals surface area contributed by atoms with E-state index in [1.165, 1.54) is 25.7 Å². The second-order valence-corrected chi connectivity index (χ2v) is 4.48. The van der Waals surface area contributed by atoms with Crippen LogP contribution in [0.5, 0.6) is 5.75 Å². The summed E-state index contributed by atoms with van der Waals surface area (Å²) in [6, 6.07) is 9.29. The van der Waals surface area contributed by atoms with E-state index in [4.69, 9.17) is 4.74 Å². The van der Waals surface area contributed by atoms with E-state index in [-0.39, 0.29) is 5.97 Å². The van der Waals surface area contributed by atoms with E-state index < -0.39 is 0 Å². The lowest BCUT2D eigenvalue weighted by Gasteiger charge is -2.08. The molecule has 0 radical (unpaired) electrons. The molecule has 0 heterocycles. The maximum absolute atomic E-state index is 11.5. The predicted octanol–water partition coefficient (Wildman–Crippen LogP) is 3.56. The Morgan fingerprint density at radius 1 is 1.19 bits per heavy atom. The summed E-state index contributed by atoms with van der Waals surface area (Å²) in [6.07, 6.45) is 6.79. The highest BCUT2D eigenvalue weighted by Gasteiger charge is 2.16. The number of carbonyl (C=O) groups is 1. The van der Waals surface area contributed by atoms with Gasteiger partial charge in [0.15, 0.2) is 0 Å². The number of hydrogen-bond acceptors (Lipinski definition) is 2. The summed E-state index contributed by atoms with van der Waals surface area (Å²) in [6.45, 7) is 0. The van der Waals surface area contributed by atoms with Gasteiger partial charge in [0, 0.05) is 6.42 Å². The molecule has 0 spiro atoms. The van der Waals surface area contributed by atoms with Crippen molar-refractivity contribution in [3.63, 3.8) is 0 Å². The largest absolute Gasteiger partial charge is 0.427 e. The van der Waals surface area contributed by atoms with Gasteiger partial charge >= 0.3 is 5.97 Å². The molecule has 2 nitrogen and oxygen atoms in total. The predicted molar refractivity (Wildman–Crippen MR) is 63.3 cm³/mol. The summed E-state index contributed by atoms with van der Waals surface area (Å²) in [5.74, 6) is 1.31. The summed E-state index contributed by atoms with van der Waals surface area (Å²) < 4.78 is 5.24. The van der Waals surface area contributed by atoms with Crippen molar-refractivity contribution in [1.29, 1.82) is 0 Å². The molecule has 16 heavy (non-hydrogen) atoms. The van der Waals surface area contributed by atoms with Crippen molar-refractivity contribution in [2.45, 2.75) is 38.5 Å². The molecule has 86 valence electrons. The molecule has 0 aromatic heterocycles. The van der Waals surface area contributed by atoms with Crippen LogP contribution in [0.2, 0.25) is 0 Å². The van der Waals surface area contributed by atoms with Crippen molar-refractivity contribution in [2.75, 3.05) is 0 Å². The van der Waals surface area contributed by atoms with Crippen LogP contribution in [0.1, 0.15) is 38.5 Å². The Bertz CT molecular complexity index is 326. The first kappa shape index (κ1) is 11.2. The number of para-hydroxylation sites is 1. The molecular weight excluding hydrogens is 200 g/mol. The molecule has 1 saturated carbocycles. The Kier molecular flexibility index (Phi) is 3.97. The van der Waals surface area contributed by atoms with Gasteiger partial charge in [0.1, 0.15) is 5.75 Å². The third-order valence-electron chi connectivity index (χ3n) is 3.21. The van der Waals surface area contributed by atoms with Gasteiger partial charge in [0.25, 0.3) is 0 Å². The number of hydrogen-bond donors (Lipinski definition) is 0. The minimum atomic E-state index is -0.0990. The van der Waals surface area contributed by atoms with Gasteiger partial charge in [-0.1, -0.05) is 43.9 Å². The highest BCUT2D eigenvalue weighted by atomic mass is 16.5. The molecule has 1 aliphatic rings. The molecule has 1 aromatic rings. The lowest BCUT2D eigenvalue weighted by atomic mass is 10.0. The first-order valence-electron chi connectivity index (χ1n) is 6.10. The van der Waals surface area contributed by atoms with Crippen LogP contribution < -0.4 is 4.74 Å². The zero-order valence-electron chi connectivity index (χ0n) is 9.52. The monoisotopic (exact) mass is 218 g/mol. The van der Waals surface area contributed by atoms with E-state index in [9.17, 15) is 4.79 Å². The van der Waals surface area contributed by atoms with Crippen LogP contribution in [-0.4, -0.2) is 5.97 Å². The second-order valence-electron chi connectivity index (χ2n) is 4.48. The molecule has 1 aromatic carbocycles. The normalized spacial score (nSPS) is 16.2. The molecule has 0 bridgehead atoms. The average molecular weight is 218 g/mol. The molecule has 2 heteroatoms. The van der Waals surface area contributed by atoms with Crippen molar-refractivity contribution in [3.05, 3.63) is 30.3 Å². The molecule has 0 aliphatic heterocycles. The van der Waals surface area contributed by atoms with E-state index in [1.807, 2.05) is 30.3 Å². The van der Waals surface area contributed by atoms with Crippen LogP contribution in [0.25, 0.3) is 0 Å². The number of ether oxygens (including phenoxy) is 1. The Labute approximate surface area is 96.6 Å². The second kappa shape index (κ2) is 5.69. The van der Waals surface area contributed by atoms with E-state index in [0.29, 0.717) is 12.2 Å². The fraction of sp³-hybridized carbons (Fsp3) is 0.500. The van der Waals surface area contributed by atoms with Gasteiger partial charge in [0.05, 0.1) is 0 Å². The number of carbonyl (C=O) groups excluding carboxylic acids is 1. The molecule has 1 fully saturated rings. The Hall–Kier alpha value is -1.31. The highest BCUT2D eigenvalue weighted by Crippen LogP contribution is 2.28. The van der Waals surface area contributed by atoms with Gasteiger partial charge in [-0.15, -0.1) is 0 Å². The number of esters is 1. The van der Waals surface area contributed by atoms with Gasteiger partial charge in [0.2, 0.25) is 0 Å². The van der Waals surface area contributed by atoms with Crippen LogP contribution >= 0.6 is 0 Å². The zero-order chi connectivity index (χ0) is 11.2. The highest BCUT2D eigenvalue weighted by molar-refractivity contribution is 5.72. The summed E-state index contributed by atoms with van der Waals surface area (Å²) >= 11 is 0. The molecule has 0 N–H and O–H groups in total. The van der Waals surface area contributed by atoms with E-state index in [2.05, 4.69) is 0 Å². The summed E-state index contributed by atoms with van der Waals surface area (Å²) in [5, 5.41) is 0. The minimum Gasteiger partial charge on any atom is -0.427 e. The van der Waals surface area contributed by atoms with Crippen LogP contribution in [0.15, 0.2) is 30.3 Å². The van der Waals surface area contributed by atoms with E-state index >= 15 is 0 Å². The number of rotatable bonds is 4. The summed E-state index contributed by atoms with van der Waals surface area (Å²) in [4.78, 5) is 11.5. The first-order chi connectivity index (χ1) is 7.84. The summed E-state index contributed by atoms with van der Waals surface area (Å²) in [7, 11) is 0. The third kappa shape index (κ3) is 3.37. The van der Waals surface area contributed by atoms with Gasteiger partial charge in [-0.05, 0) is 24.5 Å². The zero-order valence-corrected chi connectivity index (χ0v) is 9.52. The lowest BCUT2D eigenvalue weighted by molar-refractivity contribution is -0.134. The van der Waals surface area contributed by atoms with Gasteiger partial charge < -0.3 is 4.74 Å². The Morgan fingerprint density at radius 2 is 1.88 bits per heavy atom. The van der Waals surface area contributed by atoms with E-state index in [1.54, 1.807) is 0 Å². The van der Waals surface area contributed by atoms with Crippen molar-refractivity contribution in [3.8, 4) is 5.75 Å². The molecule has 2 rings (SSSR count). The first-order valence-corrected chi connectivity index (χ1v) is 6.10. The minimum absolute atomic E-state index is 0.0990. The molecule has 1 aliphatic carbocycles. The maximum Gasteiger partial charge on any atom is 0.311 e. The van der Waals surface area contributed by atoms with Crippen LogP contribution in [0.4, 0.5) is 0 Å². The fourth-order valence-electron chi connectivity index (χ4n) is 2.29. The molecule has 0 unspecified atom stereocenters. The topological polar surface area (TPSA) is 26.3 Å². The molecule has 0 saturated heterocycles. The lowest BCUT2D eigenvalue weighted by Crippen LogP contribution is -2.09. The van der Waals surface area contributed by atoms with Crippen LogP contribution in [-0.2, 0) is 4.79 Å². The van der Waals surface area contributed by atoms with Crippen LogP contribution in [0, 0.1) is 5.92 Å². The van der Waals surface area contributed by atoms with Gasteiger partial charge in [-0.2, -0.15) is 0 Å². The Balaban J connectivity index is 1.72. The maximum atomic E-state index is 11.5. The smallest absolute Gasteiger partial charge is 0.311 e. The fourth-order valence-corrected chi connectivity index (χ4v) is 2.29. The van der Waals surface area contributed by atoms with Gasteiger partial charge in [-0.3, -0.25) is 4.79 Å². The third-order valence-corrected chi connectivity index (χ3v) is 3.21. The SMILES string of the molecule is O=C(CCC1CCCC1)Oc1ccccc1. The average Bonchev–Trinajstić information content (AvgIpc) is 2.81. The molecular formula is C14H18O2. The number of benzene rings is 1. The van der Waals surface area contributed by atoms with Gasteiger partial charge in [-0.25, -0.2) is 0 Å². The Morgan fingerprint density at radius 3 is 2.56 bits per heavy atom. The molecule has 0 atom stereocenters. The van der Waals surface area contributed by atoms with E-state index in [0.717, 1.165) is 12.3 Å². The summed E-state index contributed by atoms with van der Waals surface area (Å²) in [5.41, 5.74) is 0. The van der Waals surface area contributed by atoms with Crippen LogP contribution in [0.3, 0.4) is 0 Å². The molecule has 0 amide bonds. The van der Waals surface area contributed by atoms with Crippen molar-refractivity contribution in [1.82, 2.24) is 0 Å². The standard InChI is InChI=1S/C14H18O2/c15-14(11-10-12-6-4-5-7-12)16-13-8-2-1-3-9-13/h1-3,8-9,12H,4-7,10-11H2.